The number of pyridine rings is 1. The van der Waals surface area contributed by atoms with Crippen LogP contribution in [0.4, 0.5) is 0 Å². The molecule has 3 saturated heterocycles. The third kappa shape index (κ3) is 2.55. The van der Waals surface area contributed by atoms with Gasteiger partial charge in [-0.3, -0.25) is 9.69 Å². The Morgan fingerprint density at radius 3 is 3.08 bits per heavy atom. The van der Waals surface area contributed by atoms with Gasteiger partial charge in [0.2, 0.25) is 5.91 Å². The summed E-state index contributed by atoms with van der Waals surface area (Å²) in [6, 6.07) is 4.42. The predicted octanol–water partition coefficient (Wildman–Crippen LogP) is 1.76. The molecule has 4 atom stereocenters. The van der Waals surface area contributed by atoms with Gasteiger partial charge in [0.25, 0.3) is 0 Å². The van der Waals surface area contributed by atoms with Crippen LogP contribution in [0.5, 0.6) is 0 Å². The van der Waals surface area contributed by atoms with Crippen molar-refractivity contribution in [1.82, 2.24) is 19.8 Å². The van der Waals surface area contributed by atoms with Crippen LogP contribution in [0, 0.1) is 11.8 Å². The van der Waals surface area contributed by atoms with Crippen LogP contribution in [0.3, 0.4) is 0 Å². The zero-order chi connectivity index (χ0) is 17.7. The van der Waals surface area contributed by atoms with Crippen LogP contribution >= 0.6 is 0 Å². The van der Waals surface area contributed by atoms with Crippen molar-refractivity contribution in [2.45, 2.75) is 44.3 Å². The summed E-state index contributed by atoms with van der Waals surface area (Å²) in [5.41, 5.74) is 2.22. The highest BCUT2D eigenvalue weighted by molar-refractivity contribution is 5.79. The Morgan fingerprint density at radius 2 is 2.19 bits per heavy atom. The number of rotatable bonds is 3. The number of aliphatic hydroxyl groups excluding tert-OH is 1. The smallest absolute Gasteiger partial charge is 0.223 e. The molecule has 5 heterocycles. The number of H-pyrrole nitrogens is 1. The number of fused-ring (bicyclic) bond motifs is 5. The van der Waals surface area contributed by atoms with Crippen molar-refractivity contribution in [2.75, 3.05) is 19.7 Å². The topological polar surface area (TPSA) is 72.5 Å². The Kier molecular flexibility index (Phi) is 3.98. The van der Waals surface area contributed by atoms with Crippen molar-refractivity contribution in [2.24, 2.45) is 11.8 Å². The van der Waals surface area contributed by atoms with E-state index in [0.717, 1.165) is 44.5 Å². The summed E-state index contributed by atoms with van der Waals surface area (Å²) < 4.78 is 0. The lowest BCUT2D eigenvalue weighted by Gasteiger charge is -2.56. The van der Waals surface area contributed by atoms with Gasteiger partial charge in [0, 0.05) is 49.9 Å². The fourth-order valence-electron chi connectivity index (χ4n) is 5.62. The quantitative estimate of drug-likeness (QED) is 0.881. The normalized spacial score (nSPS) is 32.0. The molecule has 0 unspecified atom stereocenters. The van der Waals surface area contributed by atoms with Gasteiger partial charge >= 0.3 is 0 Å². The molecule has 5 rings (SSSR count). The highest BCUT2D eigenvalue weighted by atomic mass is 16.3. The molecular formula is C20H26N4O2. The van der Waals surface area contributed by atoms with Gasteiger partial charge in [-0.15, -0.1) is 0 Å². The number of carbonyl (C=O) groups is 1. The summed E-state index contributed by atoms with van der Waals surface area (Å²) in [7, 11) is 0. The number of hydrogen-bond acceptors (Lipinski definition) is 4. The molecule has 2 bridgehead atoms. The second-order valence-electron chi connectivity index (χ2n) is 8.17. The minimum absolute atomic E-state index is 0.00325. The first-order valence-electron chi connectivity index (χ1n) is 9.80. The molecule has 0 aliphatic carbocycles. The fourth-order valence-corrected chi connectivity index (χ4v) is 5.62. The zero-order valence-electron chi connectivity index (χ0n) is 15.0. The van der Waals surface area contributed by atoms with Gasteiger partial charge in [-0.25, -0.2) is 4.98 Å². The molecular weight excluding hydrogens is 328 g/mol. The Labute approximate surface area is 153 Å². The van der Waals surface area contributed by atoms with Crippen molar-refractivity contribution in [1.29, 1.82) is 0 Å². The molecule has 2 aromatic heterocycles. The number of likely N-dealkylation sites (tertiary alicyclic amines) is 1. The van der Waals surface area contributed by atoms with Crippen LogP contribution in [0.25, 0.3) is 11.0 Å². The molecule has 0 aromatic carbocycles. The number of aliphatic hydroxyl groups is 1. The molecule has 0 saturated carbocycles. The second-order valence-corrected chi connectivity index (χ2v) is 8.17. The number of hydrogen-bond donors (Lipinski definition) is 2. The first-order valence-corrected chi connectivity index (χ1v) is 9.80. The third-order valence-electron chi connectivity index (χ3n) is 6.69. The molecule has 6 heteroatoms. The molecule has 3 aliphatic heterocycles. The van der Waals surface area contributed by atoms with Crippen LogP contribution in [-0.4, -0.2) is 62.6 Å². The van der Waals surface area contributed by atoms with E-state index in [1.807, 2.05) is 12.3 Å². The number of piperidine rings is 3. The highest BCUT2D eigenvalue weighted by Crippen LogP contribution is 2.41. The van der Waals surface area contributed by atoms with E-state index in [2.05, 4.69) is 32.0 Å². The molecule has 0 spiro atoms. The van der Waals surface area contributed by atoms with Crippen molar-refractivity contribution in [3.8, 4) is 0 Å². The summed E-state index contributed by atoms with van der Waals surface area (Å²) in [5, 5.41) is 11.2. The molecule has 6 nitrogen and oxygen atoms in total. The summed E-state index contributed by atoms with van der Waals surface area (Å²) in [4.78, 5) is 24.7. The van der Waals surface area contributed by atoms with Crippen molar-refractivity contribution >= 4 is 16.9 Å². The van der Waals surface area contributed by atoms with E-state index in [4.69, 9.17) is 0 Å². The summed E-state index contributed by atoms with van der Waals surface area (Å²) in [6.07, 6.45) is 7.76. The minimum Gasteiger partial charge on any atom is -0.394 e. The SMILES string of the molecule is O=C1CCC[C@H]2[C@@H]3C[C@@H](CN(Cc4c[nH]c5ncccc45)C3)[C@H](CO)N12. The van der Waals surface area contributed by atoms with Gasteiger partial charge in [0.15, 0.2) is 0 Å². The van der Waals surface area contributed by atoms with Crippen molar-refractivity contribution in [3.63, 3.8) is 0 Å². The predicted molar refractivity (Wildman–Crippen MR) is 98.3 cm³/mol. The van der Waals surface area contributed by atoms with Gasteiger partial charge < -0.3 is 15.0 Å². The summed E-state index contributed by atoms with van der Waals surface area (Å²) >= 11 is 0. The maximum absolute atomic E-state index is 12.5. The van der Waals surface area contributed by atoms with Crippen molar-refractivity contribution in [3.05, 3.63) is 30.1 Å². The Balaban J connectivity index is 1.39. The van der Waals surface area contributed by atoms with Gasteiger partial charge in [-0.1, -0.05) is 0 Å². The van der Waals surface area contributed by atoms with Crippen LogP contribution in [0.2, 0.25) is 0 Å². The standard InChI is InChI=1S/C20H26N4O2/c25-12-18-14-7-13(17-4-1-5-19(26)24(17)18)9-23(10-14)11-15-8-22-20-16(15)3-2-6-21-20/h2-3,6,8,13-14,17-18,25H,1,4-5,7,9-12H2,(H,21,22)/t13-,14+,17+,18+/m1/s1. The van der Waals surface area contributed by atoms with Gasteiger partial charge in [-0.2, -0.15) is 0 Å². The first kappa shape index (κ1) is 16.3. The lowest BCUT2D eigenvalue weighted by molar-refractivity contribution is -0.155. The summed E-state index contributed by atoms with van der Waals surface area (Å²) in [5.74, 6) is 1.16. The third-order valence-corrected chi connectivity index (χ3v) is 6.69. The zero-order valence-corrected chi connectivity index (χ0v) is 15.0. The van der Waals surface area contributed by atoms with Gasteiger partial charge in [0.05, 0.1) is 12.6 Å². The molecule has 138 valence electrons. The highest BCUT2D eigenvalue weighted by Gasteiger charge is 2.49. The van der Waals surface area contributed by atoms with E-state index in [9.17, 15) is 9.90 Å². The molecule has 2 N–H and O–H groups in total. The largest absolute Gasteiger partial charge is 0.394 e. The van der Waals surface area contributed by atoms with Gasteiger partial charge in [-0.05, 0) is 48.8 Å². The Hall–Kier alpha value is -1.92. The Bertz CT molecular complexity index is 805. The molecule has 2 aromatic rings. The fraction of sp³-hybridized carbons (Fsp3) is 0.600. The van der Waals surface area contributed by atoms with Crippen molar-refractivity contribution < 1.29 is 9.90 Å². The van der Waals surface area contributed by atoms with Crippen LogP contribution < -0.4 is 0 Å². The van der Waals surface area contributed by atoms with E-state index in [1.165, 1.54) is 10.9 Å². The molecule has 1 amide bonds. The van der Waals surface area contributed by atoms with Crippen LogP contribution in [0.15, 0.2) is 24.5 Å². The number of amides is 1. The van der Waals surface area contributed by atoms with Gasteiger partial charge in [0.1, 0.15) is 5.65 Å². The van der Waals surface area contributed by atoms with E-state index >= 15 is 0 Å². The van der Waals surface area contributed by atoms with Crippen LogP contribution in [0.1, 0.15) is 31.2 Å². The second kappa shape index (κ2) is 6.35. The number of carbonyl (C=O) groups excluding carboxylic acids is 1. The average Bonchev–Trinajstić information content (AvgIpc) is 3.06. The molecule has 0 radical (unpaired) electrons. The average molecular weight is 354 g/mol. The first-order chi connectivity index (χ1) is 12.7. The van der Waals surface area contributed by atoms with E-state index < -0.39 is 0 Å². The number of aromatic amines is 1. The minimum atomic E-state index is -0.00325. The molecule has 3 aliphatic rings. The lowest BCUT2D eigenvalue weighted by atomic mass is 9.72. The number of nitrogens with one attached hydrogen (secondary N) is 1. The molecule has 3 fully saturated rings. The van der Waals surface area contributed by atoms with E-state index in [0.29, 0.717) is 24.3 Å². The Morgan fingerprint density at radius 1 is 1.31 bits per heavy atom. The number of aromatic nitrogens is 2. The maximum atomic E-state index is 12.5. The summed E-state index contributed by atoms with van der Waals surface area (Å²) in [6.45, 7) is 2.98. The maximum Gasteiger partial charge on any atom is 0.223 e. The number of nitrogens with zero attached hydrogens (tertiary/aromatic N) is 3. The monoisotopic (exact) mass is 354 g/mol. The lowest BCUT2D eigenvalue weighted by Crippen LogP contribution is -2.65. The van der Waals surface area contributed by atoms with Crippen LogP contribution in [-0.2, 0) is 11.3 Å². The van der Waals surface area contributed by atoms with E-state index in [-0.39, 0.29) is 18.6 Å². The molecule has 26 heavy (non-hydrogen) atoms. The van der Waals surface area contributed by atoms with E-state index in [1.54, 1.807) is 0 Å².